The predicted molar refractivity (Wildman–Crippen MR) is 62.2 cm³/mol. The number of hydrazone groups is 1. The van der Waals surface area contributed by atoms with Gasteiger partial charge in [-0.2, -0.15) is 5.10 Å². The van der Waals surface area contributed by atoms with Crippen molar-refractivity contribution < 1.29 is 9.34 Å². The van der Waals surface area contributed by atoms with Crippen LogP contribution in [0.4, 0.5) is 5.88 Å². The summed E-state index contributed by atoms with van der Waals surface area (Å²) < 4.78 is 5.33. The maximum atomic E-state index is 10.3. The van der Waals surface area contributed by atoms with Gasteiger partial charge in [0.15, 0.2) is 10.1 Å². The summed E-state index contributed by atoms with van der Waals surface area (Å²) >= 11 is 6.15. The van der Waals surface area contributed by atoms with Crippen LogP contribution < -0.4 is 5.43 Å². The number of hydrogen-bond acceptors (Lipinski definition) is 6. The fourth-order valence-electron chi connectivity index (χ4n) is 0.704. The van der Waals surface area contributed by atoms with Crippen LogP contribution in [0.3, 0.4) is 0 Å². The molecule has 1 heterocycles. The van der Waals surface area contributed by atoms with E-state index in [1.807, 2.05) is 6.26 Å². The Kier molecular flexibility index (Phi) is 4.25. The highest BCUT2D eigenvalue weighted by atomic mass is 32.2. The molecule has 15 heavy (non-hydrogen) atoms. The van der Waals surface area contributed by atoms with Crippen LogP contribution in [0, 0.1) is 10.1 Å². The van der Waals surface area contributed by atoms with E-state index in [0.717, 1.165) is 0 Å². The molecule has 0 fully saturated rings. The van der Waals surface area contributed by atoms with E-state index in [9.17, 15) is 10.1 Å². The molecule has 6 nitrogen and oxygen atoms in total. The van der Waals surface area contributed by atoms with Crippen molar-refractivity contribution in [1.82, 2.24) is 5.43 Å². The molecule has 1 N–H and O–H groups in total. The molecular formula is C7H7N3O3S2. The van der Waals surface area contributed by atoms with E-state index in [-0.39, 0.29) is 11.6 Å². The lowest BCUT2D eigenvalue weighted by molar-refractivity contribution is -0.402. The molecule has 0 aromatic carbocycles. The highest BCUT2D eigenvalue weighted by Gasteiger charge is 2.09. The van der Waals surface area contributed by atoms with E-state index in [4.69, 9.17) is 16.6 Å². The molecule has 0 atom stereocenters. The van der Waals surface area contributed by atoms with Crippen LogP contribution in [0.1, 0.15) is 5.76 Å². The summed E-state index contributed by atoms with van der Waals surface area (Å²) in [5, 5.41) is 14.0. The number of nitrogens with zero attached hydrogens (tertiary/aromatic N) is 2. The third-order valence-electron chi connectivity index (χ3n) is 1.33. The predicted octanol–water partition coefficient (Wildman–Crippen LogP) is 1.76. The Labute approximate surface area is 94.9 Å². The number of hydrogen-bond donors (Lipinski definition) is 1. The molecule has 0 bridgehead atoms. The summed E-state index contributed by atoms with van der Waals surface area (Å²) in [6.07, 6.45) is 3.12. The second kappa shape index (κ2) is 5.47. The van der Waals surface area contributed by atoms with Crippen molar-refractivity contribution in [3.63, 3.8) is 0 Å². The third kappa shape index (κ3) is 3.68. The van der Waals surface area contributed by atoms with Gasteiger partial charge in [-0.1, -0.05) is 24.0 Å². The van der Waals surface area contributed by atoms with Crippen LogP contribution in [-0.2, 0) is 0 Å². The Morgan fingerprint density at radius 1 is 1.80 bits per heavy atom. The van der Waals surface area contributed by atoms with Gasteiger partial charge in [-0.25, -0.2) is 0 Å². The molecule has 1 rings (SSSR count). The molecule has 0 amide bonds. The first kappa shape index (κ1) is 11.7. The molecule has 0 unspecified atom stereocenters. The van der Waals surface area contributed by atoms with Gasteiger partial charge in [-0.15, -0.1) is 0 Å². The first-order valence-corrected chi connectivity index (χ1v) is 5.38. The lowest BCUT2D eigenvalue weighted by Crippen LogP contribution is -2.09. The van der Waals surface area contributed by atoms with E-state index in [1.54, 1.807) is 0 Å². The first-order chi connectivity index (χ1) is 7.13. The molecule has 8 heteroatoms. The number of furan rings is 1. The number of thioether (sulfide) groups is 1. The largest absolute Gasteiger partial charge is 0.433 e. The molecule has 0 saturated carbocycles. The van der Waals surface area contributed by atoms with Crippen molar-refractivity contribution in [2.45, 2.75) is 0 Å². The van der Waals surface area contributed by atoms with E-state index in [2.05, 4.69) is 10.5 Å². The number of nitro groups is 1. The van der Waals surface area contributed by atoms with Crippen LogP contribution in [0.25, 0.3) is 0 Å². The molecule has 0 aliphatic heterocycles. The normalized spacial score (nSPS) is 10.5. The molecule has 0 spiro atoms. The molecule has 1 aromatic rings. The van der Waals surface area contributed by atoms with Crippen molar-refractivity contribution in [2.75, 3.05) is 6.26 Å². The first-order valence-electron chi connectivity index (χ1n) is 3.74. The van der Waals surface area contributed by atoms with Crippen molar-refractivity contribution in [2.24, 2.45) is 5.10 Å². The van der Waals surface area contributed by atoms with Gasteiger partial charge in [-0.05, 0) is 12.3 Å². The van der Waals surface area contributed by atoms with Crippen molar-refractivity contribution >= 4 is 40.4 Å². The van der Waals surface area contributed by atoms with Gasteiger partial charge in [0.2, 0.25) is 0 Å². The van der Waals surface area contributed by atoms with Crippen molar-refractivity contribution in [1.29, 1.82) is 0 Å². The number of thiocarbonyl (C=S) groups is 1. The second-order valence-electron chi connectivity index (χ2n) is 2.29. The molecule has 80 valence electrons. The minimum absolute atomic E-state index is 0.290. The summed E-state index contributed by atoms with van der Waals surface area (Å²) in [7, 11) is 0. The third-order valence-corrected chi connectivity index (χ3v) is 2.38. The topological polar surface area (TPSA) is 80.7 Å². The lowest BCUT2D eigenvalue weighted by atomic mass is 10.5. The van der Waals surface area contributed by atoms with Gasteiger partial charge in [0.25, 0.3) is 0 Å². The lowest BCUT2D eigenvalue weighted by Gasteiger charge is -1.94. The minimum atomic E-state index is -0.614. The smallest absolute Gasteiger partial charge is 0.400 e. The standard InChI is InChI=1S/C7H7N3O3S2/c1-15-7(14)9-8-4-5-2-3-6(13-5)10(11)12/h2-4H,1H3,(H,9,14)/b8-4+. The molecular weight excluding hydrogens is 238 g/mol. The number of nitrogens with one attached hydrogen (secondary N) is 1. The maximum Gasteiger partial charge on any atom is 0.433 e. The van der Waals surface area contributed by atoms with Gasteiger partial charge in [-0.3, -0.25) is 15.5 Å². The van der Waals surface area contributed by atoms with Crippen LogP contribution in [0.5, 0.6) is 0 Å². The van der Waals surface area contributed by atoms with Gasteiger partial charge < -0.3 is 4.42 Å². The van der Waals surface area contributed by atoms with Crippen LogP contribution in [0.2, 0.25) is 0 Å². The van der Waals surface area contributed by atoms with Crippen molar-refractivity contribution in [3.05, 3.63) is 28.0 Å². The summed E-state index contributed by atoms with van der Waals surface area (Å²) in [5.41, 5.74) is 2.55. The average molecular weight is 245 g/mol. The average Bonchev–Trinajstić information content (AvgIpc) is 2.66. The van der Waals surface area contributed by atoms with E-state index in [0.29, 0.717) is 4.32 Å². The van der Waals surface area contributed by atoms with Crippen LogP contribution in [0.15, 0.2) is 21.7 Å². The van der Waals surface area contributed by atoms with Gasteiger partial charge in [0.05, 0.1) is 12.3 Å². The van der Waals surface area contributed by atoms with E-state index in [1.165, 1.54) is 30.1 Å². The highest BCUT2D eigenvalue weighted by Crippen LogP contribution is 2.13. The quantitative estimate of drug-likeness (QED) is 0.378. The SMILES string of the molecule is CSC(=S)N/N=C/c1ccc([N+](=O)[O-])o1. The van der Waals surface area contributed by atoms with Gasteiger partial charge >= 0.3 is 5.88 Å². The molecule has 0 aliphatic rings. The fourth-order valence-corrected chi connectivity index (χ4v) is 0.901. The Balaban J connectivity index is 2.57. The minimum Gasteiger partial charge on any atom is -0.400 e. The zero-order chi connectivity index (χ0) is 11.3. The van der Waals surface area contributed by atoms with E-state index < -0.39 is 4.92 Å². The Morgan fingerprint density at radius 2 is 2.53 bits per heavy atom. The Hall–Kier alpha value is -1.41. The summed E-state index contributed by atoms with van der Waals surface area (Å²) in [5.74, 6) is -0.0259. The molecule has 0 saturated heterocycles. The van der Waals surface area contributed by atoms with Crippen molar-refractivity contribution in [3.8, 4) is 0 Å². The Morgan fingerprint density at radius 3 is 3.07 bits per heavy atom. The molecule has 0 aliphatic carbocycles. The van der Waals surface area contributed by atoms with Crippen LogP contribution >= 0.6 is 24.0 Å². The van der Waals surface area contributed by atoms with E-state index >= 15 is 0 Å². The zero-order valence-corrected chi connectivity index (χ0v) is 9.30. The van der Waals surface area contributed by atoms with Gasteiger partial charge in [0.1, 0.15) is 4.92 Å². The second-order valence-corrected chi connectivity index (χ2v) is 3.78. The van der Waals surface area contributed by atoms with Crippen LogP contribution in [-0.4, -0.2) is 21.7 Å². The summed E-state index contributed by atoms with van der Waals surface area (Å²) in [6.45, 7) is 0. The number of rotatable bonds is 3. The molecule has 1 aromatic heterocycles. The highest BCUT2D eigenvalue weighted by molar-refractivity contribution is 8.22. The molecule has 0 radical (unpaired) electrons. The monoisotopic (exact) mass is 245 g/mol. The summed E-state index contributed by atoms with van der Waals surface area (Å²) in [6, 6.07) is 2.71. The maximum absolute atomic E-state index is 10.3. The fraction of sp³-hybridized carbons (Fsp3) is 0.143. The summed E-state index contributed by atoms with van der Waals surface area (Å²) in [4.78, 5) is 9.66. The zero-order valence-electron chi connectivity index (χ0n) is 7.67. The Bertz CT molecular complexity index is 402. The van der Waals surface area contributed by atoms with Gasteiger partial charge in [0, 0.05) is 0 Å².